The lowest BCUT2D eigenvalue weighted by Crippen LogP contribution is -2.13. The van der Waals surface area contributed by atoms with Crippen LogP contribution in [0.3, 0.4) is 0 Å². The molecule has 0 saturated heterocycles. The van der Waals surface area contributed by atoms with E-state index >= 15 is 0 Å². The van der Waals surface area contributed by atoms with Gasteiger partial charge in [0.05, 0.1) is 25.4 Å². The van der Waals surface area contributed by atoms with E-state index in [9.17, 15) is 9.59 Å². The van der Waals surface area contributed by atoms with E-state index in [1.54, 1.807) is 17.5 Å². The molecule has 0 bridgehead atoms. The van der Waals surface area contributed by atoms with Crippen molar-refractivity contribution in [3.63, 3.8) is 0 Å². The van der Waals surface area contributed by atoms with Gasteiger partial charge in [-0.3, -0.25) is 9.59 Å². The van der Waals surface area contributed by atoms with E-state index < -0.39 is 5.97 Å². The number of fused-ring (bicyclic) bond motifs is 1. The molecule has 1 N–H and O–H groups in total. The van der Waals surface area contributed by atoms with Crippen LogP contribution in [0.2, 0.25) is 0 Å². The Hall–Kier alpha value is -1.95. The Bertz CT molecular complexity index is 579. The van der Waals surface area contributed by atoms with Crippen molar-refractivity contribution in [2.45, 2.75) is 12.8 Å². The highest BCUT2D eigenvalue weighted by Crippen LogP contribution is 2.21. The number of rotatable bonds is 4. The molecule has 0 aromatic carbocycles. The topological polar surface area (TPSA) is 68.3 Å². The number of amides is 1. The average molecular weight is 264 g/mol. The van der Waals surface area contributed by atoms with Crippen molar-refractivity contribution < 1.29 is 14.3 Å². The summed E-state index contributed by atoms with van der Waals surface area (Å²) in [6, 6.07) is 3.80. The molecule has 0 atom stereocenters. The monoisotopic (exact) mass is 264 g/mol. The molecular formula is C12H12N2O3S. The highest BCUT2D eigenvalue weighted by atomic mass is 32.1. The summed E-state index contributed by atoms with van der Waals surface area (Å²) in [4.78, 5) is 27.6. The zero-order valence-electron chi connectivity index (χ0n) is 9.80. The molecular weight excluding hydrogens is 252 g/mol. The SMILES string of the molecule is COC(=O)CCC(=O)Nc1cnc2sccc2c1. The molecule has 6 heteroatoms. The highest BCUT2D eigenvalue weighted by Gasteiger charge is 2.07. The number of ether oxygens (including phenoxy) is 1. The number of carbonyl (C=O) groups is 2. The third-order valence-corrected chi connectivity index (χ3v) is 3.21. The molecule has 94 valence electrons. The van der Waals surface area contributed by atoms with Crippen molar-refractivity contribution in [3.8, 4) is 0 Å². The molecule has 2 heterocycles. The van der Waals surface area contributed by atoms with Gasteiger partial charge in [-0.25, -0.2) is 4.98 Å². The molecule has 5 nitrogen and oxygen atoms in total. The van der Waals surface area contributed by atoms with E-state index in [4.69, 9.17) is 0 Å². The summed E-state index contributed by atoms with van der Waals surface area (Å²) in [7, 11) is 1.30. The number of esters is 1. The number of carbonyl (C=O) groups excluding carboxylic acids is 2. The van der Waals surface area contributed by atoms with E-state index in [0.29, 0.717) is 5.69 Å². The average Bonchev–Trinajstić information content (AvgIpc) is 2.83. The fraction of sp³-hybridized carbons (Fsp3) is 0.250. The minimum atomic E-state index is -0.392. The number of pyridine rings is 1. The third kappa shape index (κ3) is 3.04. The minimum Gasteiger partial charge on any atom is -0.469 e. The molecule has 2 aromatic heterocycles. The number of methoxy groups -OCH3 is 1. The van der Waals surface area contributed by atoms with Crippen LogP contribution in [-0.2, 0) is 14.3 Å². The van der Waals surface area contributed by atoms with Crippen molar-refractivity contribution in [2.24, 2.45) is 0 Å². The Kier molecular flexibility index (Phi) is 3.88. The second-order valence-corrected chi connectivity index (χ2v) is 4.56. The maximum atomic E-state index is 11.6. The number of aromatic nitrogens is 1. The molecule has 2 rings (SSSR count). The molecule has 0 aliphatic heterocycles. The fourth-order valence-electron chi connectivity index (χ4n) is 1.47. The van der Waals surface area contributed by atoms with Crippen LogP contribution >= 0.6 is 11.3 Å². The lowest BCUT2D eigenvalue weighted by molar-refractivity contribution is -0.141. The van der Waals surface area contributed by atoms with Crippen LogP contribution in [0, 0.1) is 0 Å². The first-order valence-corrected chi connectivity index (χ1v) is 6.27. The van der Waals surface area contributed by atoms with Crippen molar-refractivity contribution in [1.82, 2.24) is 4.98 Å². The number of hydrogen-bond donors (Lipinski definition) is 1. The first-order chi connectivity index (χ1) is 8.69. The van der Waals surface area contributed by atoms with Gasteiger partial charge < -0.3 is 10.1 Å². The largest absolute Gasteiger partial charge is 0.469 e. The molecule has 0 aliphatic rings. The highest BCUT2D eigenvalue weighted by molar-refractivity contribution is 7.16. The van der Waals surface area contributed by atoms with Crippen LogP contribution < -0.4 is 5.32 Å². The summed E-state index contributed by atoms with van der Waals surface area (Å²) in [5.41, 5.74) is 0.635. The first-order valence-electron chi connectivity index (χ1n) is 5.39. The molecule has 0 fully saturated rings. The van der Waals surface area contributed by atoms with Crippen LogP contribution in [0.4, 0.5) is 5.69 Å². The normalized spacial score (nSPS) is 10.3. The quantitative estimate of drug-likeness (QED) is 0.859. The number of hydrogen-bond acceptors (Lipinski definition) is 5. The van der Waals surface area contributed by atoms with Crippen LogP contribution in [0.15, 0.2) is 23.7 Å². The van der Waals surface area contributed by atoms with E-state index in [0.717, 1.165) is 10.2 Å². The summed E-state index contributed by atoms with van der Waals surface area (Å²) in [6.45, 7) is 0. The first kappa shape index (κ1) is 12.5. The van der Waals surface area contributed by atoms with Gasteiger partial charge in [0.15, 0.2) is 0 Å². The summed E-state index contributed by atoms with van der Waals surface area (Å²) in [5.74, 6) is -0.617. The molecule has 0 radical (unpaired) electrons. The predicted molar refractivity (Wildman–Crippen MR) is 69.5 cm³/mol. The second kappa shape index (κ2) is 5.59. The summed E-state index contributed by atoms with van der Waals surface area (Å²) in [6.07, 6.45) is 1.79. The standard InChI is InChI=1S/C12H12N2O3S/c1-17-11(16)3-2-10(15)14-9-6-8-4-5-18-12(8)13-7-9/h4-7H,2-3H2,1H3,(H,14,15). The minimum absolute atomic E-state index is 0.0798. The van der Waals surface area contributed by atoms with E-state index in [2.05, 4.69) is 15.0 Å². The Morgan fingerprint density at radius 2 is 2.28 bits per heavy atom. The molecule has 0 saturated carbocycles. The lowest BCUT2D eigenvalue weighted by atomic mass is 10.2. The van der Waals surface area contributed by atoms with Crippen LogP contribution in [-0.4, -0.2) is 24.0 Å². The zero-order valence-corrected chi connectivity index (χ0v) is 10.6. The number of anilines is 1. The van der Waals surface area contributed by atoms with Gasteiger partial charge in [0, 0.05) is 11.8 Å². The Labute approximate surface area is 108 Å². The summed E-state index contributed by atoms with van der Waals surface area (Å²) < 4.78 is 4.47. The number of nitrogens with one attached hydrogen (secondary N) is 1. The fourth-order valence-corrected chi connectivity index (χ4v) is 2.19. The Morgan fingerprint density at radius 3 is 3.06 bits per heavy atom. The molecule has 0 aliphatic carbocycles. The van der Waals surface area contributed by atoms with Gasteiger partial charge >= 0.3 is 5.97 Å². The van der Waals surface area contributed by atoms with Gasteiger partial charge in [0.2, 0.25) is 5.91 Å². The van der Waals surface area contributed by atoms with E-state index in [1.807, 2.05) is 17.5 Å². The van der Waals surface area contributed by atoms with Crippen molar-refractivity contribution in [3.05, 3.63) is 23.7 Å². The lowest BCUT2D eigenvalue weighted by Gasteiger charge is -2.04. The summed E-state index contributed by atoms with van der Waals surface area (Å²) in [5, 5.41) is 5.64. The molecule has 0 spiro atoms. The van der Waals surface area contributed by atoms with Crippen LogP contribution in [0.5, 0.6) is 0 Å². The van der Waals surface area contributed by atoms with Gasteiger partial charge in [-0.2, -0.15) is 0 Å². The van der Waals surface area contributed by atoms with Crippen LogP contribution in [0.1, 0.15) is 12.8 Å². The van der Waals surface area contributed by atoms with Crippen molar-refractivity contribution in [1.29, 1.82) is 0 Å². The molecule has 18 heavy (non-hydrogen) atoms. The van der Waals surface area contributed by atoms with Crippen molar-refractivity contribution >= 4 is 39.1 Å². The number of nitrogens with zero attached hydrogens (tertiary/aromatic N) is 1. The zero-order chi connectivity index (χ0) is 13.0. The second-order valence-electron chi connectivity index (χ2n) is 3.66. The van der Waals surface area contributed by atoms with Crippen LogP contribution in [0.25, 0.3) is 10.2 Å². The van der Waals surface area contributed by atoms with E-state index in [1.165, 1.54) is 7.11 Å². The Balaban J connectivity index is 1.96. The molecule has 1 amide bonds. The number of thiophene rings is 1. The van der Waals surface area contributed by atoms with E-state index in [-0.39, 0.29) is 18.7 Å². The Morgan fingerprint density at radius 1 is 1.44 bits per heavy atom. The molecule has 0 unspecified atom stereocenters. The smallest absolute Gasteiger partial charge is 0.306 e. The van der Waals surface area contributed by atoms with Gasteiger partial charge in [0.25, 0.3) is 0 Å². The molecule has 2 aromatic rings. The van der Waals surface area contributed by atoms with Gasteiger partial charge in [-0.05, 0) is 17.5 Å². The van der Waals surface area contributed by atoms with Gasteiger partial charge in [-0.1, -0.05) is 0 Å². The maximum absolute atomic E-state index is 11.6. The van der Waals surface area contributed by atoms with Gasteiger partial charge in [-0.15, -0.1) is 11.3 Å². The predicted octanol–water partition coefficient (Wildman–Crippen LogP) is 2.19. The van der Waals surface area contributed by atoms with Gasteiger partial charge in [0.1, 0.15) is 4.83 Å². The summed E-state index contributed by atoms with van der Waals surface area (Å²) >= 11 is 1.55. The third-order valence-electron chi connectivity index (χ3n) is 2.37. The van der Waals surface area contributed by atoms with Crippen molar-refractivity contribution in [2.75, 3.05) is 12.4 Å². The maximum Gasteiger partial charge on any atom is 0.306 e.